The number of nitro benzene ring substituents is 1. The molecule has 6 heteroatoms. The zero-order valence-corrected chi connectivity index (χ0v) is 12.6. The lowest BCUT2D eigenvalue weighted by Gasteiger charge is -2.30. The summed E-state index contributed by atoms with van der Waals surface area (Å²) in [6.45, 7) is 0.739. The van der Waals surface area contributed by atoms with Crippen LogP contribution in [0.5, 0.6) is 0 Å². The first kappa shape index (κ1) is 13.8. The molecule has 1 aromatic rings. The molecule has 2 aliphatic rings. The maximum absolute atomic E-state index is 11.1. The van der Waals surface area contributed by atoms with Crippen molar-refractivity contribution < 1.29 is 9.66 Å². The van der Waals surface area contributed by atoms with Crippen molar-refractivity contribution in [2.24, 2.45) is 5.92 Å². The Balaban J connectivity index is 1.71. The molecule has 0 radical (unpaired) electrons. The maximum atomic E-state index is 11.1. The minimum absolute atomic E-state index is 0.119. The number of nitrogens with zero attached hydrogens (tertiary/aromatic N) is 1. The summed E-state index contributed by atoms with van der Waals surface area (Å²) in [7, 11) is 0. The third-order valence-corrected chi connectivity index (χ3v) is 4.47. The average molecular weight is 341 g/mol. The smallest absolute Gasteiger partial charge is 0.293 e. The number of anilines is 1. The van der Waals surface area contributed by atoms with E-state index in [2.05, 4.69) is 21.2 Å². The van der Waals surface area contributed by atoms with Crippen LogP contribution in [0.1, 0.15) is 25.7 Å². The van der Waals surface area contributed by atoms with Gasteiger partial charge in [0.15, 0.2) is 0 Å². The van der Waals surface area contributed by atoms with Gasteiger partial charge in [0, 0.05) is 23.2 Å². The molecule has 1 heterocycles. The lowest BCUT2D eigenvalue weighted by Crippen LogP contribution is -2.35. The van der Waals surface area contributed by atoms with Crippen LogP contribution in [0.15, 0.2) is 22.7 Å². The van der Waals surface area contributed by atoms with Crippen molar-refractivity contribution in [1.29, 1.82) is 0 Å². The van der Waals surface area contributed by atoms with Gasteiger partial charge in [0.05, 0.1) is 11.0 Å². The second-order valence-electron chi connectivity index (χ2n) is 5.53. The van der Waals surface area contributed by atoms with Gasteiger partial charge in [-0.25, -0.2) is 0 Å². The number of ether oxygens (including phenoxy) is 1. The molecule has 1 aromatic carbocycles. The Morgan fingerprint density at radius 3 is 2.85 bits per heavy atom. The average Bonchev–Trinajstić information content (AvgIpc) is 3.25. The molecule has 0 aromatic heterocycles. The molecule has 1 saturated heterocycles. The Kier molecular flexibility index (Phi) is 3.94. The minimum atomic E-state index is -0.342. The van der Waals surface area contributed by atoms with E-state index >= 15 is 0 Å². The number of benzene rings is 1. The van der Waals surface area contributed by atoms with Crippen LogP contribution < -0.4 is 5.32 Å². The SMILES string of the molecule is O=[N+]([O-])c1cc(Br)ccc1NC1CCOC(C2CC2)C1. The van der Waals surface area contributed by atoms with Gasteiger partial charge in [-0.1, -0.05) is 15.9 Å². The third kappa shape index (κ3) is 3.12. The van der Waals surface area contributed by atoms with E-state index in [0.29, 0.717) is 17.7 Å². The molecule has 1 N–H and O–H groups in total. The summed E-state index contributed by atoms with van der Waals surface area (Å²) in [5.41, 5.74) is 0.716. The predicted octanol–water partition coefficient (Wildman–Crippen LogP) is 3.73. The van der Waals surface area contributed by atoms with Crippen molar-refractivity contribution in [3.63, 3.8) is 0 Å². The Morgan fingerprint density at radius 1 is 1.35 bits per heavy atom. The highest BCUT2D eigenvalue weighted by Gasteiger charge is 2.36. The molecule has 20 heavy (non-hydrogen) atoms. The molecular formula is C14H17BrN2O3. The topological polar surface area (TPSA) is 64.4 Å². The van der Waals surface area contributed by atoms with E-state index in [1.807, 2.05) is 6.07 Å². The number of nitrogens with one attached hydrogen (secondary N) is 1. The standard InChI is InChI=1S/C14H17BrN2O3/c15-10-3-4-12(13(7-10)17(18)19)16-11-5-6-20-14(8-11)9-1-2-9/h3-4,7,9,11,14,16H,1-2,5-6,8H2. The molecule has 0 spiro atoms. The molecule has 5 nitrogen and oxygen atoms in total. The number of hydrogen-bond donors (Lipinski definition) is 1. The van der Waals surface area contributed by atoms with E-state index in [1.54, 1.807) is 12.1 Å². The second kappa shape index (κ2) is 5.69. The van der Waals surface area contributed by atoms with E-state index in [9.17, 15) is 10.1 Å². The van der Waals surface area contributed by atoms with Crippen LogP contribution in [0.4, 0.5) is 11.4 Å². The molecule has 2 fully saturated rings. The van der Waals surface area contributed by atoms with Crippen molar-refractivity contribution >= 4 is 27.3 Å². The van der Waals surface area contributed by atoms with Gasteiger partial charge in [0.1, 0.15) is 5.69 Å². The van der Waals surface area contributed by atoms with Gasteiger partial charge >= 0.3 is 0 Å². The van der Waals surface area contributed by atoms with Crippen molar-refractivity contribution in [2.75, 3.05) is 11.9 Å². The predicted molar refractivity (Wildman–Crippen MR) is 79.9 cm³/mol. The van der Waals surface area contributed by atoms with E-state index in [4.69, 9.17) is 4.74 Å². The Morgan fingerprint density at radius 2 is 2.15 bits per heavy atom. The summed E-state index contributed by atoms with van der Waals surface area (Å²) in [6, 6.07) is 5.39. The van der Waals surface area contributed by atoms with Gasteiger partial charge in [-0.2, -0.15) is 0 Å². The first-order valence-corrected chi connectivity index (χ1v) is 7.75. The highest BCUT2D eigenvalue weighted by atomic mass is 79.9. The van der Waals surface area contributed by atoms with E-state index in [0.717, 1.165) is 23.9 Å². The third-order valence-electron chi connectivity index (χ3n) is 3.98. The molecular weight excluding hydrogens is 324 g/mol. The van der Waals surface area contributed by atoms with Crippen molar-refractivity contribution in [3.8, 4) is 0 Å². The molecule has 2 unspecified atom stereocenters. The van der Waals surface area contributed by atoms with Crippen LogP contribution >= 0.6 is 15.9 Å². The second-order valence-corrected chi connectivity index (χ2v) is 6.45. The quantitative estimate of drug-likeness (QED) is 0.670. The largest absolute Gasteiger partial charge is 0.378 e. The molecule has 108 valence electrons. The number of halogens is 1. The molecule has 1 aliphatic heterocycles. The van der Waals surface area contributed by atoms with Crippen LogP contribution in [-0.2, 0) is 4.74 Å². The number of rotatable bonds is 4. The van der Waals surface area contributed by atoms with Crippen LogP contribution in [0.3, 0.4) is 0 Å². The molecule has 1 aliphatic carbocycles. The number of hydrogen-bond acceptors (Lipinski definition) is 4. The first-order chi connectivity index (χ1) is 9.63. The Hall–Kier alpha value is -1.14. The first-order valence-electron chi connectivity index (χ1n) is 6.95. The fourth-order valence-electron chi connectivity index (χ4n) is 2.75. The van der Waals surface area contributed by atoms with Gasteiger partial charge in [0.2, 0.25) is 0 Å². The zero-order valence-electron chi connectivity index (χ0n) is 11.0. The molecule has 0 bridgehead atoms. The van der Waals surface area contributed by atoms with E-state index in [-0.39, 0.29) is 16.7 Å². The summed E-state index contributed by atoms with van der Waals surface area (Å²) in [5.74, 6) is 0.708. The summed E-state index contributed by atoms with van der Waals surface area (Å²) in [4.78, 5) is 10.8. The van der Waals surface area contributed by atoms with Crippen molar-refractivity contribution in [1.82, 2.24) is 0 Å². The lowest BCUT2D eigenvalue weighted by molar-refractivity contribution is -0.384. The van der Waals surface area contributed by atoms with Crippen LogP contribution in [0.2, 0.25) is 0 Å². The van der Waals surface area contributed by atoms with Crippen LogP contribution in [0.25, 0.3) is 0 Å². The number of nitro groups is 1. The highest BCUT2D eigenvalue weighted by Crippen LogP contribution is 2.39. The highest BCUT2D eigenvalue weighted by molar-refractivity contribution is 9.10. The minimum Gasteiger partial charge on any atom is -0.378 e. The van der Waals surface area contributed by atoms with Crippen LogP contribution in [0, 0.1) is 16.0 Å². The summed E-state index contributed by atoms with van der Waals surface area (Å²) < 4.78 is 6.51. The van der Waals surface area contributed by atoms with Gasteiger partial charge in [-0.05, 0) is 43.7 Å². The molecule has 2 atom stereocenters. The Bertz CT molecular complexity index is 519. The van der Waals surface area contributed by atoms with Crippen LogP contribution in [-0.4, -0.2) is 23.7 Å². The fourth-order valence-corrected chi connectivity index (χ4v) is 3.10. The van der Waals surface area contributed by atoms with Gasteiger partial charge in [-0.3, -0.25) is 10.1 Å². The normalized spacial score (nSPS) is 26.2. The van der Waals surface area contributed by atoms with E-state index in [1.165, 1.54) is 12.8 Å². The van der Waals surface area contributed by atoms with Crippen molar-refractivity contribution in [2.45, 2.75) is 37.8 Å². The zero-order chi connectivity index (χ0) is 14.1. The van der Waals surface area contributed by atoms with Gasteiger partial charge in [-0.15, -0.1) is 0 Å². The van der Waals surface area contributed by atoms with Gasteiger partial charge in [0.25, 0.3) is 5.69 Å². The molecule has 1 saturated carbocycles. The Labute approximate surface area is 126 Å². The summed E-state index contributed by atoms with van der Waals surface area (Å²) in [6.07, 6.45) is 4.69. The van der Waals surface area contributed by atoms with E-state index < -0.39 is 0 Å². The summed E-state index contributed by atoms with van der Waals surface area (Å²) >= 11 is 3.27. The monoisotopic (exact) mass is 340 g/mol. The molecule has 3 rings (SSSR count). The fraction of sp³-hybridized carbons (Fsp3) is 0.571. The van der Waals surface area contributed by atoms with Gasteiger partial charge < -0.3 is 10.1 Å². The molecule has 0 amide bonds. The maximum Gasteiger partial charge on any atom is 0.293 e. The van der Waals surface area contributed by atoms with Crippen molar-refractivity contribution in [3.05, 3.63) is 32.8 Å². The summed E-state index contributed by atoms with van der Waals surface area (Å²) in [5, 5.41) is 14.4. The lowest BCUT2D eigenvalue weighted by atomic mass is 9.99.